The fraction of sp³-hybridized carbons (Fsp3) is 0.0909. The van der Waals surface area contributed by atoms with E-state index in [9.17, 15) is 4.39 Å². The first kappa shape index (κ1) is 11.0. The number of aliphatic hydroxyl groups is 1. The van der Waals surface area contributed by atoms with E-state index >= 15 is 0 Å². The fourth-order valence-electron chi connectivity index (χ4n) is 1.11. The lowest BCUT2D eigenvalue weighted by atomic mass is 10.4. The van der Waals surface area contributed by atoms with E-state index in [-0.39, 0.29) is 12.4 Å². The molecule has 2 rings (SSSR count). The molecule has 0 aliphatic carbocycles. The normalized spacial score (nSPS) is 10.4. The van der Waals surface area contributed by atoms with Crippen LogP contribution in [0.3, 0.4) is 0 Å². The summed E-state index contributed by atoms with van der Waals surface area (Å²) in [5, 5.41) is 9.35. The van der Waals surface area contributed by atoms with Gasteiger partial charge in [-0.3, -0.25) is 0 Å². The van der Waals surface area contributed by atoms with Crippen molar-refractivity contribution >= 4 is 11.8 Å². The predicted octanol–water partition coefficient (Wildman–Crippen LogP) is 2.26. The smallest absolute Gasteiger partial charge is 0.192 e. The van der Waals surface area contributed by atoms with Crippen LogP contribution in [0.5, 0.6) is 0 Å². The molecule has 0 radical (unpaired) electrons. The number of benzene rings is 1. The maximum Gasteiger partial charge on any atom is 0.192 e. The molecule has 0 spiro atoms. The maximum atomic E-state index is 12.9. The van der Waals surface area contributed by atoms with Gasteiger partial charge in [0.05, 0.1) is 6.61 Å². The van der Waals surface area contributed by atoms with E-state index in [1.165, 1.54) is 23.9 Å². The second-order valence-electron chi connectivity index (χ2n) is 3.09. The molecular weight excluding hydrogens is 227 g/mol. The summed E-state index contributed by atoms with van der Waals surface area (Å²) in [6, 6.07) is 6.24. The molecule has 0 saturated heterocycles. The molecule has 0 aliphatic heterocycles. The van der Waals surface area contributed by atoms with Crippen molar-refractivity contribution in [3.05, 3.63) is 48.0 Å². The molecule has 1 N–H and O–H groups in total. The minimum absolute atomic E-state index is 0.0785. The highest BCUT2D eigenvalue weighted by molar-refractivity contribution is 7.99. The van der Waals surface area contributed by atoms with Gasteiger partial charge in [0.15, 0.2) is 5.16 Å². The maximum absolute atomic E-state index is 12.9. The molecule has 16 heavy (non-hydrogen) atoms. The minimum Gasteiger partial charge on any atom is -0.392 e. The van der Waals surface area contributed by atoms with Crippen molar-refractivity contribution in [3.63, 3.8) is 0 Å². The van der Waals surface area contributed by atoms with Crippen molar-refractivity contribution in [2.45, 2.75) is 16.7 Å². The first-order valence-electron chi connectivity index (χ1n) is 4.63. The summed E-state index contributed by atoms with van der Waals surface area (Å²) in [6.45, 7) is -0.0785. The van der Waals surface area contributed by atoms with E-state index in [2.05, 4.69) is 9.97 Å². The summed E-state index contributed by atoms with van der Waals surface area (Å²) in [4.78, 5) is 8.83. The number of aliphatic hydroxyl groups excluding tert-OH is 1. The molecule has 0 atom stereocenters. The van der Waals surface area contributed by atoms with Crippen molar-refractivity contribution in [3.8, 4) is 0 Å². The van der Waals surface area contributed by atoms with E-state index in [0.717, 1.165) is 4.90 Å². The largest absolute Gasteiger partial charge is 0.392 e. The second-order valence-corrected chi connectivity index (χ2v) is 4.13. The van der Waals surface area contributed by atoms with Crippen LogP contribution in [0.25, 0.3) is 0 Å². The Morgan fingerprint density at radius 2 is 2.00 bits per heavy atom. The Kier molecular flexibility index (Phi) is 3.48. The van der Waals surface area contributed by atoms with Crippen LogP contribution in [-0.4, -0.2) is 15.1 Å². The molecule has 1 aromatic heterocycles. The zero-order valence-corrected chi connectivity index (χ0v) is 9.12. The van der Waals surface area contributed by atoms with E-state index in [4.69, 9.17) is 5.11 Å². The van der Waals surface area contributed by atoms with Crippen molar-refractivity contribution in [2.75, 3.05) is 0 Å². The third-order valence-corrected chi connectivity index (χ3v) is 2.75. The fourth-order valence-corrected chi connectivity index (χ4v) is 1.85. The number of hydrogen-bond acceptors (Lipinski definition) is 4. The first-order valence-corrected chi connectivity index (χ1v) is 5.45. The van der Waals surface area contributed by atoms with E-state index in [0.29, 0.717) is 10.7 Å². The van der Waals surface area contributed by atoms with E-state index < -0.39 is 0 Å². The molecule has 3 nitrogen and oxygen atoms in total. The molecular formula is C11H9FN2OS. The highest BCUT2D eigenvalue weighted by Crippen LogP contribution is 2.24. The third kappa shape index (κ3) is 2.77. The van der Waals surface area contributed by atoms with Gasteiger partial charge in [0.2, 0.25) is 0 Å². The quantitative estimate of drug-likeness (QED) is 0.830. The highest BCUT2D eigenvalue weighted by Gasteiger charge is 2.01. The Balaban J connectivity index is 2.14. The summed E-state index contributed by atoms with van der Waals surface area (Å²) >= 11 is 1.28. The molecule has 1 aromatic carbocycles. The van der Waals surface area contributed by atoms with Crippen LogP contribution in [0.1, 0.15) is 5.56 Å². The standard InChI is InChI=1S/C11H9FN2OS/c12-9-2-1-3-10(4-9)16-11-13-5-8(7-15)6-14-11/h1-6,15H,7H2. The molecule has 0 fully saturated rings. The summed E-state index contributed by atoms with van der Waals surface area (Å²) < 4.78 is 12.9. The van der Waals surface area contributed by atoms with Crippen molar-refractivity contribution in [2.24, 2.45) is 0 Å². The Hall–Kier alpha value is -1.46. The van der Waals surface area contributed by atoms with Crippen LogP contribution in [0.4, 0.5) is 4.39 Å². The molecule has 0 saturated carbocycles. The van der Waals surface area contributed by atoms with Gasteiger partial charge in [0.1, 0.15) is 5.82 Å². The lowest BCUT2D eigenvalue weighted by Crippen LogP contribution is -1.90. The molecule has 0 bridgehead atoms. The van der Waals surface area contributed by atoms with Crippen LogP contribution in [-0.2, 0) is 6.61 Å². The highest BCUT2D eigenvalue weighted by atomic mass is 32.2. The Morgan fingerprint density at radius 3 is 2.62 bits per heavy atom. The van der Waals surface area contributed by atoms with Crippen molar-refractivity contribution in [1.29, 1.82) is 0 Å². The number of rotatable bonds is 3. The van der Waals surface area contributed by atoms with Gasteiger partial charge < -0.3 is 5.11 Å². The van der Waals surface area contributed by atoms with E-state index in [1.807, 2.05) is 0 Å². The lowest BCUT2D eigenvalue weighted by Gasteiger charge is -2.00. The predicted molar refractivity (Wildman–Crippen MR) is 58.5 cm³/mol. The molecule has 0 unspecified atom stereocenters. The molecule has 82 valence electrons. The van der Waals surface area contributed by atoms with Gasteiger partial charge in [-0.05, 0) is 30.0 Å². The lowest BCUT2D eigenvalue weighted by molar-refractivity contribution is 0.280. The number of nitrogens with zero attached hydrogens (tertiary/aromatic N) is 2. The number of halogens is 1. The van der Waals surface area contributed by atoms with Gasteiger partial charge in [-0.15, -0.1) is 0 Å². The topological polar surface area (TPSA) is 46.0 Å². The van der Waals surface area contributed by atoms with Crippen LogP contribution >= 0.6 is 11.8 Å². The summed E-state index contributed by atoms with van der Waals surface area (Å²) in [6.07, 6.45) is 3.10. The molecule has 0 aliphatic rings. The van der Waals surface area contributed by atoms with Crippen molar-refractivity contribution in [1.82, 2.24) is 9.97 Å². The van der Waals surface area contributed by atoms with Crippen LogP contribution in [0.15, 0.2) is 46.7 Å². The zero-order valence-electron chi connectivity index (χ0n) is 8.30. The SMILES string of the molecule is OCc1cnc(Sc2cccc(F)c2)nc1. The van der Waals surface area contributed by atoms with Gasteiger partial charge in [-0.2, -0.15) is 0 Å². The van der Waals surface area contributed by atoms with E-state index in [1.54, 1.807) is 24.5 Å². The second kappa shape index (κ2) is 5.05. The monoisotopic (exact) mass is 236 g/mol. The zero-order chi connectivity index (χ0) is 11.4. The van der Waals surface area contributed by atoms with Gasteiger partial charge in [-0.1, -0.05) is 6.07 Å². The van der Waals surface area contributed by atoms with Gasteiger partial charge in [0, 0.05) is 22.9 Å². The van der Waals surface area contributed by atoms with Crippen molar-refractivity contribution < 1.29 is 9.50 Å². The molecule has 5 heteroatoms. The van der Waals surface area contributed by atoms with Crippen LogP contribution in [0.2, 0.25) is 0 Å². The third-order valence-electron chi connectivity index (χ3n) is 1.87. The average molecular weight is 236 g/mol. The first-order chi connectivity index (χ1) is 7.78. The van der Waals surface area contributed by atoms with Gasteiger partial charge >= 0.3 is 0 Å². The Bertz CT molecular complexity index is 476. The van der Waals surface area contributed by atoms with Crippen LogP contribution < -0.4 is 0 Å². The Morgan fingerprint density at radius 1 is 1.25 bits per heavy atom. The molecule has 1 heterocycles. The summed E-state index contributed by atoms with van der Waals surface area (Å²) in [5.41, 5.74) is 0.656. The Labute approximate surface area is 96.4 Å². The minimum atomic E-state index is -0.281. The number of hydrogen-bond donors (Lipinski definition) is 1. The average Bonchev–Trinajstić information content (AvgIpc) is 2.30. The summed E-state index contributed by atoms with van der Waals surface area (Å²) in [7, 11) is 0. The molecule has 0 amide bonds. The van der Waals surface area contributed by atoms with Crippen LogP contribution in [0, 0.1) is 5.82 Å². The van der Waals surface area contributed by atoms with Gasteiger partial charge in [-0.25, -0.2) is 14.4 Å². The van der Waals surface area contributed by atoms with Gasteiger partial charge in [0.25, 0.3) is 0 Å². The summed E-state index contributed by atoms with van der Waals surface area (Å²) in [5.74, 6) is -0.281. The number of aromatic nitrogens is 2. The molecule has 2 aromatic rings.